The molecule has 2 unspecified atom stereocenters. The van der Waals surface area contributed by atoms with Gasteiger partial charge in [-0.25, -0.2) is 0 Å². The smallest absolute Gasteiger partial charge is 0.239 e. The Hall–Kier alpha value is -0.810. The second kappa shape index (κ2) is 22.8. The number of unbranched alkanes of at least 4 members (excludes halogenated alkanes) is 2. The molecule has 0 radical (unpaired) electrons. The first-order valence-electron chi connectivity index (χ1n) is 17.7. The van der Waals surface area contributed by atoms with Crippen molar-refractivity contribution in [2.45, 2.75) is 176 Å². The van der Waals surface area contributed by atoms with Gasteiger partial charge in [-0.2, -0.15) is 0 Å². The van der Waals surface area contributed by atoms with Gasteiger partial charge >= 0.3 is 0 Å². The van der Waals surface area contributed by atoms with Gasteiger partial charge in [-0.05, 0) is 136 Å². The molecule has 5 N–H and O–H groups in total. The highest BCUT2D eigenvalue weighted by Gasteiger charge is 2.26. The number of carbonyl (C=O) groups is 1. The number of amides is 1. The Morgan fingerprint density at radius 2 is 0.957 bits per heavy atom. The highest BCUT2D eigenvalue weighted by atomic mass is 16.5. The number of nitrogens with one attached hydrogen (secondary N) is 3. The average molecular weight is 662 g/mol. The summed E-state index contributed by atoms with van der Waals surface area (Å²) in [5.41, 5.74) is -0.560. The Morgan fingerprint density at radius 1 is 0.565 bits per heavy atom. The van der Waals surface area contributed by atoms with E-state index < -0.39 is 0 Å². The van der Waals surface area contributed by atoms with Crippen LogP contribution in [-0.4, -0.2) is 96.2 Å². The monoisotopic (exact) mass is 662 g/mol. The van der Waals surface area contributed by atoms with Crippen LogP contribution in [0.3, 0.4) is 0 Å². The molecule has 1 amide bonds. The van der Waals surface area contributed by atoms with E-state index in [0.717, 1.165) is 45.1 Å². The number of aliphatic hydroxyl groups is 2. The van der Waals surface area contributed by atoms with Crippen molar-refractivity contribution in [2.75, 3.05) is 46.1 Å². The number of hydrogen-bond donors (Lipinski definition) is 5. The zero-order valence-corrected chi connectivity index (χ0v) is 33.0. The molecule has 0 fully saturated rings. The van der Waals surface area contributed by atoms with Gasteiger partial charge in [-0.3, -0.25) is 10.1 Å². The maximum absolute atomic E-state index is 12.6. The SMILES string of the molecule is CC(C)(C)NCCCCC(CO)COC(C)(C)C.CC(C)(C)N[C@@H](COC(C)(C)C)C(=O)NCCCCC(CO)COC(C)(C)C. The van der Waals surface area contributed by atoms with Crippen LogP contribution >= 0.6 is 0 Å². The molecule has 0 saturated carbocycles. The van der Waals surface area contributed by atoms with Crippen LogP contribution in [0, 0.1) is 11.8 Å². The lowest BCUT2D eigenvalue weighted by Crippen LogP contribution is -2.54. The first-order valence-corrected chi connectivity index (χ1v) is 17.7. The van der Waals surface area contributed by atoms with Crippen molar-refractivity contribution >= 4 is 5.91 Å². The summed E-state index contributed by atoms with van der Waals surface area (Å²) in [6.07, 6.45) is 6.04. The van der Waals surface area contributed by atoms with E-state index in [-0.39, 0.29) is 64.9 Å². The molecule has 0 aromatic carbocycles. The van der Waals surface area contributed by atoms with Crippen molar-refractivity contribution < 1.29 is 29.2 Å². The molecule has 0 spiro atoms. The standard InChI is InChI=1S/C22H46N2O4.C15H33NO2/c1-20(2,3)24-18(16-28-22(7,8)9)19(26)23-13-11-10-12-17(14-25)15-27-21(4,5)6;1-14(2,3)16-10-8-7-9-13(11-17)12-18-15(4,5)6/h17-18,24-25H,10-16H2,1-9H3,(H,23,26);13,16-17H,7-12H2,1-6H3/t17?,18-;/m0./s1. The topological polar surface area (TPSA) is 121 Å². The van der Waals surface area contributed by atoms with E-state index >= 15 is 0 Å². The molecule has 0 bridgehead atoms. The Morgan fingerprint density at radius 3 is 1.30 bits per heavy atom. The van der Waals surface area contributed by atoms with Crippen LogP contribution in [0.25, 0.3) is 0 Å². The summed E-state index contributed by atoms with van der Waals surface area (Å²) < 4.78 is 17.3. The van der Waals surface area contributed by atoms with E-state index in [4.69, 9.17) is 14.2 Å². The first-order chi connectivity index (χ1) is 20.8. The average Bonchev–Trinajstić information content (AvgIpc) is 2.87. The third-order valence-electron chi connectivity index (χ3n) is 6.66. The highest BCUT2D eigenvalue weighted by molar-refractivity contribution is 5.82. The van der Waals surface area contributed by atoms with Gasteiger partial charge in [0.15, 0.2) is 0 Å². The van der Waals surface area contributed by atoms with Gasteiger partial charge < -0.3 is 35.1 Å². The fourth-order valence-electron chi connectivity index (χ4n) is 4.14. The van der Waals surface area contributed by atoms with Crippen molar-refractivity contribution in [1.82, 2.24) is 16.0 Å². The molecular weight excluding hydrogens is 582 g/mol. The van der Waals surface area contributed by atoms with E-state index in [2.05, 4.69) is 57.5 Å². The molecule has 9 nitrogen and oxygen atoms in total. The van der Waals surface area contributed by atoms with Crippen molar-refractivity contribution in [1.29, 1.82) is 0 Å². The van der Waals surface area contributed by atoms with E-state index in [1.807, 2.05) is 62.3 Å². The van der Waals surface area contributed by atoms with Crippen LogP contribution in [0.1, 0.15) is 142 Å². The summed E-state index contributed by atoms with van der Waals surface area (Å²) in [5, 5.41) is 28.6. The Bertz CT molecular complexity index is 758. The van der Waals surface area contributed by atoms with Crippen LogP contribution in [0.4, 0.5) is 0 Å². The molecule has 46 heavy (non-hydrogen) atoms. The molecule has 3 atom stereocenters. The van der Waals surface area contributed by atoms with E-state index in [0.29, 0.717) is 26.4 Å². The predicted molar refractivity (Wildman–Crippen MR) is 193 cm³/mol. The molecule has 0 aromatic heterocycles. The molecule has 0 rings (SSSR count). The third kappa shape index (κ3) is 34.5. The summed E-state index contributed by atoms with van der Waals surface area (Å²) in [6, 6.07) is -0.385. The lowest BCUT2D eigenvalue weighted by molar-refractivity contribution is -0.127. The Balaban J connectivity index is 0. The highest BCUT2D eigenvalue weighted by Crippen LogP contribution is 2.16. The molecule has 278 valence electrons. The molecule has 0 aliphatic rings. The van der Waals surface area contributed by atoms with Gasteiger partial charge in [0.2, 0.25) is 5.91 Å². The normalized spacial score (nSPS) is 15.2. The summed E-state index contributed by atoms with van der Waals surface area (Å²) in [7, 11) is 0. The van der Waals surface area contributed by atoms with Crippen LogP contribution in [0.15, 0.2) is 0 Å². The summed E-state index contributed by atoms with van der Waals surface area (Å²) in [6.45, 7) is 34.4. The van der Waals surface area contributed by atoms with Gasteiger partial charge in [-0.15, -0.1) is 0 Å². The minimum atomic E-state index is -0.385. The fraction of sp³-hybridized carbons (Fsp3) is 0.973. The maximum Gasteiger partial charge on any atom is 0.239 e. The number of aliphatic hydroxyl groups excluding tert-OH is 2. The molecule has 0 heterocycles. The fourth-order valence-corrected chi connectivity index (χ4v) is 4.14. The van der Waals surface area contributed by atoms with Crippen LogP contribution in [0.5, 0.6) is 0 Å². The van der Waals surface area contributed by atoms with Gasteiger partial charge in [0, 0.05) is 42.7 Å². The molecule has 0 aliphatic carbocycles. The van der Waals surface area contributed by atoms with Crippen LogP contribution in [-0.2, 0) is 19.0 Å². The van der Waals surface area contributed by atoms with Crippen LogP contribution in [0.2, 0.25) is 0 Å². The van der Waals surface area contributed by atoms with Crippen molar-refractivity contribution in [3.8, 4) is 0 Å². The van der Waals surface area contributed by atoms with Gasteiger partial charge in [0.1, 0.15) is 6.04 Å². The lowest BCUT2D eigenvalue weighted by Gasteiger charge is -2.30. The van der Waals surface area contributed by atoms with E-state index in [1.54, 1.807) is 0 Å². The Kier molecular flexibility index (Phi) is 23.4. The van der Waals surface area contributed by atoms with Gasteiger partial charge in [-0.1, -0.05) is 12.8 Å². The molecule has 0 aromatic rings. The second-order valence-corrected chi connectivity index (χ2v) is 17.8. The molecular formula is C37H79N3O6. The second-order valence-electron chi connectivity index (χ2n) is 17.8. The third-order valence-corrected chi connectivity index (χ3v) is 6.66. The molecule has 9 heteroatoms. The maximum atomic E-state index is 12.6. The largest absolute Gasteiger partial charge is 0.396 e. The summed E-state index contributed by atoms with van der Waals surface area (Å²) in [4.78, 5) is 12.6. The molecule has 0 saturated heterocycles. The van der Waals surface area contributed by atoms with Crippen molar-refractivity contribution in [3.63, 3.8) is 0 Å². The lowest BCUT2D eigenvalue weighted by atomic mass is 10.0. The van der Waals surface area contributed by atoms with Crippen molar-refractivity contribution in [3.05, 3.63) is 0 Å². The number of rotatable bonds is 20. The minimum absolute atomic E-state index is 0.0334. The number of carbonyl (C=O) groups excluding carboxylic acids is 1. The summed E-state index contributed by atoms with van der Waals surface area (Å²) in [5.74, 6) is 0.387. The van der Waals surface area contributed by atoms with E-state index in [1.165, 1.54) is 0 Å². The van der Waals surface area contributed by atoms with Crippen LogP contribution < -0.4 is 16.0 Å². The first kappa shape index (κ1) is 47.3. The number of ether oxygens (including phenoxy) is 3. The molecule has 0 aliphatic heterocycles. The Labute approximate surface area is 285 Å². The van der Waals surface area contributed by atoms with E-state index in [9.17, 15) is 15.0 Å². The van der Waals surface area contributed by atoms with Crippen molar-refractivity contribution in [2.24, 2.45) is 11.8 Å². The van der Waals surface area contributed by atoms with Gasteiger partial charge in [0.05, 0.1) is 36.6 Å². The zero-order valence-electron chi connectivity index (χ0n) is 33.0. The number of hydrogen-bond acceptors (Lipinski definition) is 8. The minimum Gasteiger partial charge on any atom is -0.396 e. The predicted octanol–water partition coefficient (Wildman–Crippen LogP) is 6.24. The van der Waals surface area contributed by atoms with Gasteiger partial charge in [0.25, 0.3) is 0 Å². The zero-order chi connectivity index (χ0) is 36.2. The quantitative estimate of drug-likeness (QED) is 0.0974. The summed E-state index contributed by atoms with van der Waals surface area (Å²) >= 11 is 0.